The van der Waals surface area contributed by atoms with E-state index < -0.39 is 30.6 Å². The van der Waals surface area contributed by atoms with E-state index in [0.29, 0.717) is 11.0 Å². The normalized spacial score (nSPS) is 29.8. The molecule has 2 aromatic heterocycles. The Kier molecular flexibility index (Phi) is 4.12. The maximum Gasteiger partial charge on any atom is 0.167 e. The summed E-state index contributed by atoms with van der Waals surface area (Å²) in [5.41, 5.74) is 1.44. The van der Waals surface area contributed by atoms with E-state index in [0.717, 1.165) is 0 Å². The molecule has 4 atom stereocenters. The van der Waals surface area contributed by atoms with Crippen LogP contribution in [0.2, 0.25) is 0 Å². The Labute approximate surface area is 136 Å². The molecule has 0 bridgehead atoms. The summed E-state index contributed by atoms with van der Waals surface area (Å²) in [7, 11) is 1.41. The molecule has 1 aliphatic rings. The smallest absolute Gasteiger partial charge is 0.167 e. The van der Waals surface area contributed by atoms with Crippen molar-refractivity contribution >= 4 is 16.9 Å². The molecule has 1 saturated heterocycles. The van der Waals surface area contributed by atoms with Gasteiger partial charge >= 0.3 is 0 Å². The zero-order valence-corrected chi connectivity index (χ0v) is 13.0. The highest BCUT2D eigenvalue weighted by Crippen LogP contribution is 2.40. The van der Waals surface area contributed by atoms with E-state index >= 15 is 0 Å². The zero-order valence-electron chi connectivity index (χ0n) is 13.0. The second kappa shape index (κ2) is 5.97. The maximum atomic E-state index is 10.6. The number of hydrogen-bond donors (Lipinski definition) is 4. The summed E-state index contributed by atoms with van der Waals surface area (Å²) in [6.45, 7) is 0.939. The minimum atomic E-state index is -1.69. The van der Waals surface area contributed by atoms with Crippen molar-refractivity contribution in [1.29, 1.82) is 5.26 Å². The topological polar surface area (TPSA) is 146 Å². The summed E-state index contributed by atoms with van der Waals surface area (Å²) in [5.74, 6) is 0.287. The number of hydrogen-bond acceptors (Lipinski definition) is 9. The van der Waals surface area contributed by atoms with Crippen molar-refractivity contribution in [3.05, 3.63) is 18.1 Å². The molecule has 3 rings (SSSR count). The van der Waals surface area contributed by atoms with Crippen LogP contribution in [0, 0.1) is 11.3 Å². The highest BCUT2D eigenvalue weighted by atomic mass is 16.6. The Morgan fingerprint density at radius 1 is 1.54 bits per heavy atom. The van der Waals surface area contributed by atoms with Crippen molar-refractivity contribution in [2.75, 3.05) is 19.2 Å². The Bertz CT molecular complexity index is 799. The number of aliphatic hydroxyl groups is 3. The summed E-state index contributed by atoms with van der Waals surface area (Å²) in [5, 5.41) is 39.8. The van der Waals surface area contributed by atoms with E-state index in [2.05, 4.69) is 15.4 Å². The van der Waals surface area contributed by atoms with Gasteiger partial charge in [0.05, 0.1) is 24.7 Å². The van der Waals surface area contributed by atoms with E-state index in [1.54, 1.807) is 0 Å². The summed E-state index contributed by atoms with van der Waals surface area (Å²) in [4.78, 5) is 13.0. The summed E-state index contributed by atoms with van der Waals surface area (Å²) in [6.07, 6.45) is -0.573. The highest BCUT2D eigenvalue weighted by Gasteiger charge is 2.53. The molecule has 0 saturated carbocycles. The van der Waals surface area contributed by atoms with Crippen LogP contribution in [-0.4, -0.2) is 61.4 Å². The summed E-state index contributed by atoms with van der Waals surface area (Å²) >= 11 is 0. The van der Waals surface area contributed by atoms with Gasteiger partial charge in [0.25, 0.3) is 0 Å². The number of nitrogens with zero attached hydrogens (tertiary/aromatic N) is 4. The summed E-state index contributed by atoms with van der Waals surface area (Å²) in [6, 6.07) is 2.03. The Morgan fingerprint density at radius 2 is 2.29 bits per heavy atom. The highest BCUT2D eigenvalue weighted by molar-refractivity contribution is 5.92. The molecule has 0 amide bonds. The van der Waals surface area contributed by atoms with Gasteiger partial charge in [-0.05, 0) is 6.92 Å². The second-order valence-electron chi connectivity index (χ2n) is 5.67. The molecule has 4 N–H and O–H groups in total. The lowest BCUT2D eigenvalue weighted by Gasteiger charge is -2.27. The standard InChI is InChI=1S/C14H17N5O5/c1-14(22)10(21)8(5-20)24-13(14)19-4-7(3-15)9-11(18-23-2)16-6-17-12(9)19/h4,6,8,10,13,20-22H,5H2,1-2H3,(H,16,17,18)/t8-,10-,13-,14-/m1/s1. The Balaban J connectivity index is 2.18. The quantitative estimate of drug-likeness (QED) is 0.531. The number of aromatic nitrogens is 3. The Morgan fingerprint density at radius 3 is 2.88 bits per heavy atom. The lowest BCUT2D eigenvalue weighted by atomic mass is 9.96. The van der Waals surface area contributed by atoms with E-state index in [1.165, 1.54) is 31.1 Å². The van der Waals surface area contributed by atoms with Gasteiger partial charge in [0.15, 0.2) is 12.0 Å². The van der Waals surface area contributed by atoms with Crippen molar-refractivity contribution in [2.45, 2.75) is 31.0 Å². The third-order valence-corrected chi connectivity index (χ3v) is 4.12. The van der Waals surface area contributed by atoms with Crippen molar-refractivity contribution in [1.82, 2.24) is 14.5 Å². The van der Waals surface area contributed by atoms with Gasteiger partial charge in [0.2, 0.25) is 0 Å². The van der Waals surface area contributed by atoms with Crippen molar-refractivity contribution in [2.24, 2.45) is 0 Å². The molecule has 24 heavy (non-hydrogen) atoms. The van der Waals surface area contributed by atoms with Gasteiger partial charge in [0.1, 0.15) is 35.9 Å². The van der Waals surface area contributed by atoms with Gasteiger partial charge in [-0.2, -0.15) is 5.26 Å². The van der Waals surface area contributed by atoms with Crippen LogP contribution in [-0.2, 0) is 9.57 Å². The molecule has 0 aromatic carbocycles. The van der Waals surface area contributed by atoms with Gasteiger partial charge in [-0.1, -0.05) is 0 Å². The Hall–Kier alpha value is -2.29. The molecule has 1 fully saturated rings. The molecule has 3 heterocycles. The fourth-order valence-electron chi connectivity index (χ4n) is 2.91. The summed E-state index contributed by atoms with van der Waals surface area (Å²) < 4.78 is 7.02. The molecule has 10 nitrogen and oxygen atoms in total. The number of ether oxygens (including phenoxy) is 1. The maximum absolute atomic E-state index is 10.6. The molecule has 2 aromatic rings. The molecule has 1 aliphatic heterocycles. The molecule has 0 unspecified atom stereocenters. The molecule has 128 valence electrons. The number of nitrogens with one attached hydrogen (secondary N) is 1. The van der Waals surface area contributed by atoms with Gasteiger partial charge in [-0.25, -0.2) is 15.4 Å². The van der Waals surface area contributed by atoms with Gasteiger partial charge in [0, 0.05) is 6.20 Å². The number of aliphatic hydroxyl groups excluding tert-OH is 2. The number of fused-ring (bicyclic) bond motifs is 1. The first-order valence-electron chi connectivity index (χ1n) is 7.17. The van der Waals surface area contributed by atoms with E-state index in [9.17, 15) is 20.6 Å². The fraction of sp³-hybridized carbons (Fsp3) is 0.500. The number of rotatable bonds is 4. The van der Waals surface area contributed by atoms with Crippen LogP contribution in [0.25, 0.3) is 11.0 Å². The minimum absolute atomic E-state index is 0.242. The molecule has 10 heteroatoms. The SMILES string of the molecule is CONc1ncnc2c1c(C#N)cn2[C@@H]1O[C@H](CO)[C@@H](O)[C@@]1(C)O. The first-order valence-corrected chi connectivity index (χ1v) is 7.17. The lowest BCUT2D eigenvalue weighted by Crippen LogP contribution is -2.44. The van der Waals surface area contributed by atoms with Crippen LogP contribution in [0.4, 0.5) is 5.82 Å². The van der Waals surface area contributed by atoms with Gasteiger partial charge in [-0.15, -0.1) is 0 Å². The molecular formula is C14H17N5O5. The van der Waals surface area contributed by atoms with Crippen LogP contribution in [0.3, 0.4) is 0 Å². The van der Waals surface area contributed by atoms with Crippen LogP contribution in [0.15, 0.2) is 12.5 Å². The first-order chi connectivity index (χ1) is 11.5. The predicted octanol–water partition coefficient (Wildman–Crippen LogP) is -0.722. The first kappa shape index (κ1) is 16.6. The van der Waals surface area contributed by atoms with Crippen molar-refractivity contribution in [3.8, 4) is 6.07 Å². The van der Waals surface area contributed by atoms with Crippen LogP contribution < -0.4 is 5.48 Å². The van der Waals surface area contributed by atoms with Crippen LogP contribution in [0.5, 0.6) is 0 Å². The predicted molar refractivity (Wildman–Crippen MR) is 80.5 cm³/mol. The van der Waals surface area contributed by atoms with E-state index in [4.69, 9.17) is 9.57 Å². The third-order valence-electron chi connectivity index (χ3n) is 4.12. The molecular weight excluding hydrogens is 318 g/mol. The minimum Gasteiger partial charge on any atom is -0.394 e. The fourth-order valence-corrected chi connectivity index (χ4v) is 2.91. The second-order valence-corrected chi connectivity index (χ2v) is 5.67. The lowest BCUT2D eigenvalue weighted by molar-refractivity contribution is -0.0948. The van der Waals surface area contributed by atoms with E-state index in [1.807, 2.05) is 6.07 Å². The molecule has 0 aliphatic carbocycles. The average molecular weight is 335 g/mol. The van der Waals surface area contributed by atoms with Crippen molar-refractivity contribution < 1.29 is 24.9 Å². The third kappa shape index (κ3) is 2.31. The van der Waals surface area contributed by atoms with Crippen LogP contribution in [0.1, 0.15) is 18.7 Å². The zero-order chi connectivity index (χ0) is 17.5. The van der Waals surface area contributed by atoms with E-state index in [-0.39, 0.29) is 11.4 Å². The van der Waals surface area contributed by atoms with Crippen LogP contribution >= 0.6 is 0 Å². The monoisotopic (exact) mass is 335 g/mol. The average Bonchev–Trinajstić information content (AvgIpc) is 3.04. The van der Waals surface area contributed by atoms with Gasteiger partial charge in [-0.3, -0.25) is 4.84 Å². The number of anilines is 1. The van der Waals surface area contributed by atoms with Gasteiger partial charge < -0.3 is 24.6 Å². The number of nitriles is 1. The molecule has 0 radical (unpaired) electrons. The largest absolute Gasteiger partial charge is 0.394 e. The molecule has 0 spiro atoms. The van der Waals surface area contributed by atoms with Crippen molar-refractivity contribution in [3.63, 3.8) is 0 Å².